The van der Waals surface area contributed by atoms with Gasteiger partial charge in [0.05, 0.1) is 12.6 Å². The minimum absolute atomic E-state index is 0.117. The fraction of sp³-hybridized carbons (Fsp3) is 0.533. The normalized spacial score (nSPS) is 18.2. The van der Waals surface area contributed by atoms with Gasteiger partial charge in [-0.1, -0.05) is 30.3 Å². The van der Waals surface area contributed by atoms with Crippen LogP contribution in [0.5, 0.6) is 0 Å². The molecule has 1 amide bonds. The monoisotopic (exact) mass is 278 g/mol. The summed E-state index contributed by atoms with van der Waals surface area (Å²) in [4.78, 5) is 13.6. The molecule has 0 spiro atoms. The largest absolute Gasteiger partial charge is 0.445 e. The van der Waals surface area contributed by atoms with Crippen molar-refractivity contribution in [2.45, 2.75) is 25.6 Å². The summed E-state index contributed by atoms with van der Waals surface area (Å²) in [6, 6.07) is 9.68. The first-order valence-corrected chi connectivity index (χ1v) is 7.07. The minimum Gasteiger partial charge on any atom is -0.445 e. The van der Waals surface area contributed by atoms with E-state index in [1.165, 1.54) is 0 Å². The van der Waals surface area contributed by atoms with Crippen molar-refractivity contribution >= 4 is 6.09 Å². The summed E-state index contributed by atoms with van der Waals surface area (Å²) in [5.41, 5.74) is 6.42. The Morgan fingerprint density at radius 2 is 2.15 bits per heavy atom. The van der Waals surface area contributed by atoms with Crippen molar-refractivity contribution in [1.29, 1.82) is 0 Å². The molecule has 5 heteroatoms. The van der Waals surface area contributed by atoms with Gasteiger partial charge in [0.1, 0.15) is 6.61 Å². The van der Waals surface area contributed by atoms with Crippen LogP contribution in [0.2, 0.25) is 0 Å². The number of nitrogens with zero attached hydrogens (tertiary/aromatic N) is 1. The molecule has 0 aromatic heterocycles. The van der Waals surface area contributed by atoms with Gasteiger partial charge < -0.3 is 20.1 Å². The molecule has 1 atom stereocenters. The Morgan fingerprint density at radius 1 is 1.35 bits per heavy atom. The highest BCUT2D eigenvalue weighted by molar-refractivity contribution is 5.68. The van der Waals surface area contributed by atoms with Gasteiger partial charge in [-0.2, -0.15) is 0 Å². The van der Waals surface area contributed by atoms with E-state index in [-0.39, 0.29) is 12.2 Å². The number of ether oxygens (including phenoxy) is 2. The van der Waals surface area contributed by atoms with Crippen LogP contribution in [0.3, 0.4) is 0 Å². The van der Waals surface area contributed by atoms with Crippen LogP contribution in [0, 0.1) is 0 Å². The first-order valence-electron chi connectivity index (χ1n) is 7.07. The van der Waals surface area contributed by atoms with E-state index in [1.807, 2.05) is 30.3 Å². The Kier molecular flexibility index (Phi) is 5.83. The van der Waals surface area contributed by atoms with Crippen molar-refractivity contribution in [1.82, 2.24) is 4.90 Å². The quantitative estimate of drug-likeness (QED) is 0.805. The third-order valence-electron chi connectivity index (χ3n) is 3.31. The molecule has 0 saturated carbocycles. The van der Waals surface area contributed by atoms with Crippen LogP contribution < -0.4 is 5.73 Å². The van der Waals surface area contributed by atoms with Gasteiger partial charge in [0, 0.05) is 13.2 Å². The van der Waals surface area contributed by atoms with Crippen LogP contribution in [0.25, 0.3) is 0 Å². The van der Waals surface area contributed by atoms with E-state index in [2.05, 4.69) is 0 Å². The number of rotatable bonds is 6. The van der Waals surface area contributed by atoms with Gasteiger partial charge in [0.25, 0.3) is 0 Å². The number of carbonyl (C=O) groups excluding carboxylic acids is 1. The molecule has 1 unspecified atom stereocenters. The molecular formula is C15H22N2O3. The van der Waals surface area contributed by atoms with Gasteiger partial charge in [-0.25, -0.2) is 4.79 Å². The number of benzene rings is 1. The molecule has 5 nitrogen and oxygen atoms in total. The SMILES string of the molecule is NCCCOC1CCN(C(=O)OCc2ccccc2)C1. The fourth-order valence-electron chi connectivity index (χ4n) is 2.17. The number of likely N-dealkylation sites (tertiary alicyclic amines) is 1. The van der Waals surface area contributed by atoms with Crippen LogP contribution in [0.1, 0.15) is 18.4 Å². The molecule has 1 heterocycles. The van der Waals surface area contributed by atoms with E-state index >= 15 is 0 Å². The van der Waals surface area contributed by atoms with Crippen molar-refractivity contribution in [3.8, 4) is 0 Å². The zero-order valence-corrected chi connectivity index (χ0v) is 11.7. The van der Waals surface area contributed by atoms with Crippen LogP contribution in [0.15, 0.2) is 30.3 Å². The molecule has 1 saturated heterocycles. The Bertz CT molecular complexity index is 411. The zero-order valence-electron chi connectivity index (χ0n) is 11.7. The molecule has 1 fully saturated rings. The molecule has 1 aromatic carbocycles. The second-order valence-corrected chi connectivity index (χ2v) is 4.91. The molecule has 0 bridgehead atoms. The lowest BCUT2D eigenvalue weighted by Crippen LogP contribution is -2.30. The zero-order chi connectivity index (χ0) is 14.2. The lowest BCUT2D eigenvalue weighted by molar-refractivity contribution is 0.0535. The highest BCUT2D eigenvalue weighted by Gasteiger charge is 2.27. The molecule has 1 aromatic rings. The Morgan fingerprint density at radius 3 is 2.90 bits per heavy atom. The molecule has 1 aliphatic heterocycles. The average molecular weight is 278 g/mol. The highest BCUT2D eigenvalue weighted by atomic mass is 16.6. The maximum atomic E-state index is 11.9. The standard InChI is InChI=1S/C15H22N2O3/c16-8-4-10-19-14-7-9-17(11-14)15(18)20-12-13-5-2-1-3-6-13/h1-3,5-6,14H,4,7-12,16H2. The van der Waals surface area contributed by atoms with Gasteiger partial charge in [0.2, 0.25) is 0 Å². The number of hydrogen-bond donors (Lipinski definition) is 1. The maximum absolute atomic E-state index is 11.9. The molecule has 2 rings (SSSR count). The third kappa shape index (κ3) is 4.51. The van der Waals surface area contributed by atoms with Gasteiger partial charge in [-0.3, -0.25) is 0 Å². The molecule has 0 radical (unpaired) electrons. The van der Waals surface area contributed by atoms with Crippen molar-refractivity contribution < 1.29 is 14.3 Å². The van der Waals surface area contributed by atoms with E-state index in [1.54, 1.807) is 4.90 Å². The lowest BCUT2D eigenvalue weighted by Gasteiger charge is -2.16. The van der Waals surface area contributed by atoms with E-state index in [0.717, 1.165) is 18.4 Å². The van der Waals surface area contributed by atoms with Crippen molar-refractivity contribution in [2.75, 3.05) is 26.2 Å². The highest BCUT2D eigenvalue weighted by Crippen LogP contribution is 2.14. The van der Waals surface area contributed by atoms with Crippen LogP contribution >= 0.6 is 0 Å². The van der Waals surface area contributed by atoms with Crippen molar-refractivity contribution in [3.63, 3.8) is 0 Å². The van der Waals surface area contributed by atoms with E-state index in [9.17, 15) is 4.79 Å². The van der Waals surface area contributed by atoms with Crippen LogP contribution in [-0.4, -0.2) is 43.3 Å². The summed E-state index contributed by atoms with van der Waals surface area (Å²) in [5, 5.41) is 0. The summed E-state index contributed by atoms with van der Waals surface area (Å²) < 4.78 is 11.0. The Labute approximate surface area is 119 Å². The summed E-state index contributed by atoms with van der Waals surface area (Å²) in [5.74, 6) is 0. The third-order valence-corrected chi connectivity index (χ3v) is 3.31. The maximum Gasteiger partial charge on any atom is 0.410 e. The predicted octanol–water partition coefficient (Wildman–Crippen LogP) is 1.76. The van der Waals surface area contributed by atoms with Gasteiger partial charge in [-0.05, 0) is 24.9 Å². The lowest BCUT2D eigenvalue weighted by atomic mass is 10.2. The smallest absolute Gasteiger partial charge is 0.410 e. The molecule has 2 N–H and O–H groups in total. The molecule has 20 heavy (non-hydrogen) atoms. The van der Waals surface area contributed by atoms with Crippen molar-refractivity contribution in [2.24, 2.45) is 5.73 Å². The Balaban J connectivity index is 1.69. The summed E-state index contributed by atoms with van der Waals surface area (Å²) >= 11 is 0. The first-order chi connectivity index (χ1) is 9.79. The predicted molar refractivity (Wildman–Crippen MR) is 76.2 cm³/mol. The average Bonchev–Trinajstić information content (AvgIpc) is 2.95. The second-order valence-electron chi connectivity index (χ2n) is 4.91. The van der Waals surface area contributed by atoms with Gasteiger partial charge in [-0.15, -0.1) is 0 Å². The van der Waals surface area contributed by atoms with Crippen LogP contribution in [0.4, 0.5) is 4.79 Å². The fourth-order valence-corrected chi connectivity index (χ4v) is 2.17. The van der Waals surface area contributed by atoms with E-state index in [4.69, 9.17) is 15.2 Å². The molecular weight excluding hydrogens is 256 g/mol. The van der Waals surface area contributed by atoms with Gasteiger partial charge >= 0.3 is 6.09 Å². The van der Waals surface area contributed by atoms with Gasteiger partial charge in [0.15, 0.2) is 0 Å². The number of amides is 1. The molecule has 1 aliphatic rings. The van der Waals surface area contributed by atoms with Crippen molar-refractivity contribution in [3.05, 3.63) is 35.9 Å². The van der Waals surface area contributed by atoms with Crippen LogP contribution in [-0.2, 0) is 16.1 Å². The number of carbonyl (C=O) groups is 1. The number of nitrogens with two attached hydrogens (primary N) is 1. The topological polar surface area (TPSA) is 64.8 Å². The minimum atomic E-state index is -0.265. The van der Waals surface area contributed by atoms with E-state index in [0.29, 0.717) is 32.8 Å². The molecule has 110 valence electrons. The Hall–Kier alpha value is -1.59. The van der Waals surface area contributed by atoms with E-state index < -0.39 is 0 Å². The number of hydrogen-bond acceptors (Lipinski definition) is 4. The summed E-state index contributed by atoms with van der Waals surface area (Å²) in [6.07, 6.45) is 1.57. The molecule has 0 aliphatic carbocycles. The first kappa shape index (κ1) is 14.8. The summed E-state index contributed by atoms with van der Waals surface area (Å²) in [6.45, 7) is 2.91. The second kappa shape index (κ2) is 7.87. The summed E-state index contributed by atoms with van der Waals surface area (Å²) in [7, 11) is 0.